The van der Waals surface area contributed by atoms with Crippen LogP contribution >= 0.6 is 0 Å². The minimum absolute atomic E-state index is 0.442. The van der Waals surface area contributed by atoms with Crippen molar-refractivity contribution < 1.29 is 62.2 Å². The summed E-state index contributed by atoms with van der Waals surface area (Å²) in [6.07, 6.45) is -24.7. The Morgan fingerprint density at radius 3 is 1.56 bits per heavy atom. The van der Waals surface area contributed by atoms with E-state index >= 15 is 0 Å². The third kappa shape index (κ3) is 3.75. The number of rotatable bonds is 4. The lowest BCUT2D eigenvalue weighted by molar-refractivity contribution is -0.594. The van der Waals surface area contributed by atoms with E-state index in [2.05, 4.69) is 10.5 Å². The molecule has 0 aliphatic carbocycles. The fourth-order valence-electron chi connectivity index (χ4n) is 1.85. The molecule has 0 aromatic carbocycles. The number of ether oxygens (including phenoxy) is 2. The highest BCUT2D eigenvalue weighted by atomic mass is 19.4. The van der Waals surface area contributed by atoms with Crippen LogP contribution in [0.15, 0.2) is 0 Å². The van der Waals surface area contributed by atoms with E-state index in [9.17, 15) is 52.7 Å². The van der Waals surface area contributed by atoms with Crippen LogP contribution in [0.2, 0.25) is 0 Å². The molecule has 1 fully saturated rings. The van der Waals surface area contributed by atoms with Crippen molar-refractivity contribution in [3.8, 4) is 0 Å². The number of hydrogen-bond acceptors (Lipinski definition) is 4. The van der Waals surface area contributed by atoms with Crippen LogP contribution in [0.25, 0.3) is 0 Å². The van der Waals surface area contributed by atoms with Gasteiger partial charge in [-0.15, -0.1) is 4.90 Å². The normalized spacial score (nSPS) is 29.0. The Morgan fingerprint density at radius 2 is 1.28 bits per heavy atom. The predicted molar refractivity (Wildman–Crippen MR) is 52.0 cm³/mol. The smallest absolute Gasteiger partial charge is 0.315 e. The van der Waals surface area contributed by atoms with Crippen LogP contribution in [-0.2, 0) is 9.47 Å². The van der Waals surface area contributed by atoms with Crippen LogP contribution in [0, 0.1) is 0 Å². The van der Waals surface area contributed by atoms with Crippen molar-refractivity contribution in [2.45, 2.75) is 56.0 Å². The molecule has 2 atom stereocenters. The van der Waals surface area contributed by atoms with Gasteiger partial charge in [0.2, 0.25) is 0 Å². The van der Waals surface area contributed by atoms with E-state index in [1.54, 1.807) is 0 Å². The summed E-state index contributed by atoms with van der Waals surface area (Å²) in [5.41, 5.74) is 4.66. The number of morpholine rings is 1. The van der Waals surface area contributed by atoms with Gasteiger partial charge in [0.15, 0.2) is 0 Å². The monoisotopic (exact) mass is 404 g/mol. The number of nitrogens with zero attached hydrogens (tertiary/aromatic N) is 1. The summed E-state index contributed by atoms with van der Waals surface area (Å²) >= 11 is 0. The van der Waals surface area contributed by atoms with Gasteiger partial charge in [-0.3, -0.25) is 0 Å². The highest BCUT2D eigenvalue weighted by molar-refractivity contribution is 4.98. The quantitative estimate of drug-likeness (QED) is 0.442. The molecule has 2 N–H and O–H groups in total. The first kappa shape index (κ1) is 22.0. The molecule has 1 aliphatic heterocycles. The minimum Gasteiger partial charge on any atom is -0.315 e. The fourth-order valence-corrected chi connectivity index (χ4v) is 1.85. The molecule has 0 aromatic rings. The third-order valence-corrected chi connectivity index (χ3v) is 2.64. The molecule has 0 amide bonds. The molecule has 25 heavy (non-hydrogen) atoms. The number of halogens is 12. The standard InChI is InChI=1S/C9H8F12N2O2/c1-3(22)24-5(13,2-4(10,11)12)23-6(14,15)8(18,19)25-9(20,21)7(23,16)17/h3H,2,22H2,1H3. The van der Waals surface area contributed by atoms with E-state index in [-0.39, 0.29) is 0 Å². The fraction of sp³-hybridized carbons (Fsp3) is 1.00. The zero-order valence-electron chi connectivity index (χ0n) is 11.7. The molecule has 1 saturated heterocycles. The average Bonchev–Trinajstić information content (AvgIpc) is 2.18. The van der Waals surface area contributed by atoms with E-state index in [0.29, 0.717) is 6.92 Å². The summed E-state index contributed by atoms with van der Waals surface area (Å²) in [6.45, 7) is 0.442. The first-order valence-electron chi connectivity index (χ1n) is 5.90. The summed E-state index contributed by atoms with van der Waals surface area (Å²) in [7, 11) is 0. The van der Waals surface area contributed by atoms with Crippen molar-refractivity contribution in [2.75, 3.05) is 0 Å². The van der Waals surface area contributed by atoms with E-state index < -0.39 is 54.0 Å². The van der Waals surface area contributed by atoms with Crippen molar-refractivity contribution in [1.82, 2.24) is 4.90 Å². The molecular formula is C9H8F12N2O2. The Kier molecular flexibility index (Phi) is 5.07. The van der Waals surface area contributed by atoms with Gasteiger partial charge in [0.05, 0.1) is 0 Å². The lowest BCUT2D eigenvalue weighted by atomic mass is 10.2. The van der Waals surface area contributed by atoms with E-state index in [1.807, 2.05) is 4.74 Å². The lowest BCUT2D eigenvalue weighted by Gasteiger charge is -2.51. The van der Waals surface area contributed by atoms with Gasteiger partial charge in [-0.1, -0.05) is 0 Å². The van der Waals surface area contributed by atoms with Crippen molar-refractivity contribution in [1.29, 1.82) is 0 Å². The Bertz CT molecular complexity index is 481. The van der Waals surface area contributed by atoms with Crippen molar-refractivity contribution in [3.63, 3.8) is 0 Å². The summed E-state index contributed by atoms with van der Waals surface area (Å²) in [6, 6.07) is -13.4. The van der Waals surface area contributed by atoms with Gasteiger partial charge < -0.3 is 10.5 Å². The van der Waals surface area contributed by atoms with Crippen molar-refractivity contribution >= 4 is 0 Å². The Balaban J connectivity index is 3.65. The maximum absolute atomic E-state index is 14.3. The molecule has 0 radical (unpaired) electrons. The van der Waals surface area contributed by atoms with Gasteiger partial charge in [-0.2, -0.15) is 52.7 Å². The molecule has 0 spiro atoms. The second kappa shape index (κ2) is 5.75. The third-order valence-electron chi connectivity index (χ3n) is 2.64. The van der Waals surface area contributed by atoms with Gasteiger partial charge in [0.25, 0.3) is 5.98 Å². The maximum Gasteiger partial charge on any atom is 0.439 e. The maximum atomic E-state index is 14.3. The molecule has 0 saturated carbocycles. The number of alkyl halides is 12. The molecule has 0 bridgehead atoms. The molecule has 4 nitrogen and oxygen atoms in total. The topological polar surface area (TPSA) is 47.7 Å². The molecule has 1 heterocycles. The van der Waals surface area contributed by atoms with Crippen LogP contribution in [0.1, 0.15) is 13.3 Å². The van der Waals surface area contributed by atoms with E-state index in [1.165, 1.54) is 0 Å². The number of hydrogen-bond donors (Lipinski definition) is 1. The van der Waals surface area contributed by atoms with Crippen molar-refractivity contribution in [3.05, 3.63) is 0 Å². The first-order chi connectivity index (χ1) is 10.7. The minimum atomic E-state index is -6.69. The molecule has 2 unspecified atom stereocenters. The zero-order valence-corrected chi connectivity index (χ0v) is 11.7. The first-order valence-corrected chi connectivity index (χ1v) is 5.90. The predicted octanol–water partition coefficient (Wildman–Crippen LogP) is 3.59. The van der Waals surface area contributed by atoms with Crippen LogP contribution in [-0.4, -0.2) is 47.6 Å². The summed E-state index contributed by atoms with van der Waals surface area (Å²) in [4.78, 5) is -3.02. The molecule has 1 aliphatic rings. The molecule has 16 heteroatoms. The number of nitrogens with two attached hydrogens (primary N) is 1. The molecule has 150 valence electrons. The van der Waals surface area contributed by atoms with Gasteiger partial charge >= 0.3 is 30.5 Å². The average molecular weight is 404 g/mol. The van der Waals surface area contributed by atoms with Gasteiger partial charge in [0.1, 0.15) is 12.6 Å². The van der Waals surface area contributed by atoms with E-state index in [4.69, 9.17) is 0 Å². The summed E-state index contributed by atoms with van der Waals surface area (Å²) in [5, 5.41) is 0. The molecule has 0 aromatic heterocycles. The molecule has 1 rings (SSSR count). The Hall–Kier alpha value is -1.00. The van der Waals surface area contributed by atoms with Crippen molar-refractivity contribution in [2.24, 2.45) is 5.73 Å². The van der Waals surface area contributed by atoms with Gasteiger partial charge in [-0.25, -0.2) is 4.74 Å². The Labute approximate surface area is 130 Å². The summed E-state index contributed by atoms with van der Waals surface area (Å²) in [5.74, 6) is -5.60. The summed E-state index contributed by atoms with van der Waals surface area (Å²) < 4.78 is 163. The van der Waals surface area contributed by atoms with Crippen LogP contribution in [0.3, 0.4) is 0 Å². The van der Waals surface area contributed by atoms with Crippen LogP contribution in [0.5, 0.6) is 0 Å². The lowest BCUT2D eigenvalue weighted by Crippen LogP contribution is -2.79. The second-order valence-corrected chi connectivity index (χ2v) is 4.86. The van der Waals surface area contributed by atoms with Gasteiger partial charge in [0, 0.05) is 0 Å². The van der Waals surface area contributed by atoms with Gasteiger partial charge in [-0.05, 0) is 6.92 Å². The SMILES string of the molecule is CC(N)OC(F)(CC(F)(F)F)N1C(F)(F)C(F)(F)OC(F)(F)C1(F)F. The highest BCUT2D eigenvalue weighted by Crippen LogP contribution is 2.59. The highest BCUT2D eigenvalue weighted by Gasteiger charge is 2.87. The van der Waals surface area contributed by atoms with Crippen LogP contribution < -0.4 is 5.73 Å². The largest absolute Gasteiger partial charge is 0.439 e. The zero-order chi connectivity index (χ0) is 20.3. The second-order valence-electron chi connectivity index (χ2n) is 4.86. The van der Waals surface area contributed by atoms with Crippen LogP contribution in [0.4, 0.5) is 52.7 Å². The Morgan fingerprint density at radius 1 is 0.920 bits per heavy atom. The van der Waals surface area contributed by atoms with E-state index in [0.717, 1.165) is 0 Å². The molecular weight excluding hydrogens is 396 g/mol.